The van der Waals surface area contributed by atoms with Crippen molar-refractivity contribution in [3.63, 3.8) is 0 Å². The van der Waals surface area contributed by atoms with Crippen LogP contribution >= 0.6 is 24.0 Å². The van der Waals surface area contributed by atoms with Crippen LogP contribution in [0, 0.1) is 5.92 Å². The number of carbonyl (C=O) groups excluding carboxylic acids is 1. The van der Waals surface area contributed by atoms with E-state index in [1.54, 1.807) is 7.05 Å². The van der Waals surface area contributed by atoms with Gasteiger partial charge in [-0.3, -0.25) is 14.7 Å². The Balaban J connectivity index is 0.00000450. The highest BCUT2D eigenvalue weighted by Crippen LogP contribution is 2.25. The van der Waals surface area contributed by atoms with E-state index in [2.05, 4.69) is 15.2 Å². The zero-order valence-corrected chi connectivity index (χ0v) is 20.3. The summed E-state index contributed by atoms with van der Waals surface area (Å²) < 4.78 is 38.6. The number of halogens is 4. The summed E-state index contributed by atoms with van der Waals surface area (Å²) in [5.41, 5.74) is 5.36. The highest BCUT2D eigenvalue weighted by Gasteiger charge is 2.41. The molecule has 2 saturated heterocycles. The van der Waals surface area contributed by atoms with E-state index >= 15 is 0 Å². The van der Waals surface area contributed by atoms with Gasteiger partial charge in [-0.15, -0.1) is 24.0 Å². The number of piperazine rings is 1. The number of carbonyl (C=O) groups is 1. The predicted molar refractivity (Wildman–Crippen MR) is 123 cm³/mol. The lowest BCUT2D eigenvalue weighted by atomic mass is 9.96. The van der Waals surface area contributed by atoms with Gasteiger partial charge in [0.2, 0.25) is 5.91 Å². The van der Waals surface area contributed by atoms with Crippen molar-refractivity contribution >= 4 is 35.8 Å². The van der Waals surface area contributed by atoms with Crippen LogP contribution in [0.1, 0.15) is 32.6 Å². The Morgan fingerprint density at radius 3 is 2.23 bits per heavy atom. The number of unbranched alkanes of at least 4 members (excludes halogenated alkanes) is 1. The van der Waals surface area contributed by atoms with Crippen LogP contribution in [0.2, 0.25) is 0 Å². The third kappa shape index (κ3) is 8.37. The lowest BCUT2D eigenvalue weighted by Gasteiger charge is -2.39. The maximum absolute atomic E-state index is 12.9. The first-order chi connectivity index (χ1) is 13.7. The minimum Gasteiger partial charge on any atom is -0.369 e. The lowest BCUT2D eigenvalue weighted by molar-refractivity contribution is -0.181. The van der Waals surface area contributed by atoms with Gasteiger partial charge in [0.05, 0.1) is 0 Å². The summed E-state index contributed by atoms with van der Waals surface area (Å²) in [6, 6.07) is -1.41. The SMILES string of the molecule is CN=C(NCCCCN1CCC(C(N)=O)CC1)N1CCN(C(C)C(F)(F)F)CC1.I. The number of amides is 1. The topological polar surface area (TPSA) is 77.2 Å². The standard InChI is InChI=1S/C19H35F3N6O.HI/c1-15(19(20,21)22)27-11-13-28(14-12-27)18(24-2)25-7-3-4-8-26-9-5-16(6-10-26)17(23)29;/h15-16H,3-14H2,1-2H3,(H2,23,29)(H,24,25);1H. The van der Waals surface area contributed by atoms with Crippen molar-refractivity contribution in [2.45, 2.75) is 44.8 Å². The summed E-state index contributed by atoms with van der Waals surface area (Å²) in [5, 5.41) is 3.33. The van der Waals surface area contributed by atoms with Crippen LogP contribution in [0.5, 0.6) is 0 Å². The van der Waals surface area contributed by atoms with Crippen LogP contribution in [0.15, 0.2) is 4.99 Å². The second-order valence-electron chi connectivity index (χ2n) is 7.94. The Morgan fingerprint density at radius 2 is 1.73 bits per heavy atom. The van der Waals surface area contributed by atoms with Gasteiger partial charge in [-0.1, -0.05) is 0 Å². The monoisotopic (exact) mass is 548 g/mol. The van der Waals surface area contributed by atoms with Gasteiger partial charge in [0.1, 0.15) is 6.04 Å². The Labute approximate surface area is 194 Å². The Bertz CT molecular complexity index is 547. The van der Waals surface area contributed by atoms with Gasteiger partial charge in [0.15, 0.2) is 5.96 Å². The Morgan fingerprint density at radius 1 is 1.13 bits per heavy atom. The molecule has 0 spiro atoms. The van der Waals surface area contributed by atoms with E-state index in [9.17, 15) is 18.0 Å². The number of rotatable bonds is 7. The number of hydrogen-bond acceptors (Lipinski definition) is 4. The largest absolute Gasteiger partial charge is 0.403 e. The quantitative estimate of drug-likeness (QED) is 0.220. The van der Waals surface area contributed by atoms with E-state index in [0.29, 0.717) is 26.2 Å². The van der Waals surface area contributed by atoms with Gasteiger partial charge >= 0.3 is 6.18 Å². The van der Waals surface area contributed by atoms with Gasteiger partial charge in [0.25, 0.3) is 0 Å². The average molecular weight is 548 g/mol. The molecule has 0 saturated carbocycles. The fraction of sp³-hybridized carbons (Fsp3) is 0.895. The van der Waals surface area contributed by atoms with Gasteiger partial charge in [0, 0.05) is 45.7 Å². The highest BCUT2D eigenvalue weighted by molar-refractivity contribution is 14.0. The normalized spacial score (nSPS) is 21.2. The molecule has 0 aliphatic carbocycles. The fourth-order valence-electron chi connectivity index (χ4n) is 3.96. The van der Waals surface area contributed by atoms with E-state index in [1.165, 1.54) is 11.8 Å². The lowest BCUT2D eigenvalue weighted by Crippen LogP contribution is -2.56. The molecule has 30 heavy (non-hydrogen) atoms. The molecule has 0 aromatic rings. The number of primary amides is 1. The molecule has 2 heterocycles. The van der Waals surface area contributed by atoms with E-state index in [0.717, 1.165) is 57.8 Å². The van der Waals surface area contributed by atoms with Crippen molar-refractivity contribution < 1.29 is 18.0 Å². The van der Waals surface area contributed by atoms with E-state index in [1.807, 2.05) is 4.90 Å². The van der Waals surface area contributed by atoms with E-state index < -0.39 is 12.2 Å². The van der Waals surface area contributed by atoms with Crippen LogP contribution in [0.25, 0.3) is 0 Å². The van der Waals surface area contributed by atoms with Gasteiger partial charge in [-0.2, -0.15) is 13.2 Å². The minimum atomic E-state index is -4.18. The van der Waals surface area contributed by atoms with Crippen molar-refractivity contribution in [2.75, 3.05) is 59.4 Å². The second kappa shape index (κ2) is 12.9. The molecule has 3 N–H and O–H groups in total. The zero-order chi connectivity index (χ0) is 21.4. The summed E-state index contributed by atoms with van der Waals surface area (Å²) in [7, 11) is 1.70. The Kier molecular flexibility index (Phi) is 11.7. The molecule has 0 radical (unpaired) electrons. The van der Waals surface area contributed by atoms with Crippen LogP contribution in [0.3, 0.4) is 0 Å². The van der Waals surface area contributed by atoms with E-state index in [4.69, 9.17) is 5.73 Å². The first kappa shape index (κ1) is 27.2. The molecule has 1 atom stereocenters. The van der Waals surface area contributed by atoms with E-state index in [-0.39, 0.29) is 35.8 Å². The number of hydrogen-bond donors (Lipinski definition) is 2. The Hall–Kier alpha value is -0.820. The molecule has 1 amide bonds. The summed E-state index contributed by atoms with van der Waals surface area (Å²) in [6.45, 7) is 6.67. The number of guanidine groups is 1. The summed E-state index contributed by atoms with van der Waals surface area (Å²) in [5.74, 6) is 0.594. The summed E-state index contributed by atoms with van der Waals surface area (Å²) >= 11 is 0. The number of aliphatic imine (C=N–C) groups is 1. The molecule has 2 aliphatic rings. The third-order valence-corrected chi connectivity index (χ3v) is 6.02. The van der Waals surface area contributed by atoms with Crippen LogP contribution < -0.4 is 11.1 Å². The molecular formula is C19H36F3IN6O. The van der Waals surface area contributed by atoms with Crippen molar-refractivity contribution in [3.05, 3.63) is 0 Å². The fourth-order valence-corrected chi connectivity index (χ4v) is 3.96. The first-order valence-electron chi connectivity index (χ1n) is 10.5. The number of likely N-dealkylation sites (tertiary alicyclic amines) is 1. The summed E-state index contributed by atoms with van der Waals surface area (Å²) in [4.78, 5) is 21.4. The molecular weight excluding hydrogens is 512 g/mol. The molecule has 2 fully saturated rings. The number of nitrogens with zero attached hydrogens (tertiary/aromatic N) is 4. The molecule has 0 aromatic heterocycles. The molecule has 1 unspecified atom stereocenters. The smallest absolute Gasteiger partial charge is 0.369 e. The molecule has 2 aliphatic heterocycles. The zero-order valence-electron chi connectivity index (χ0n) is 18.0. The van der Waals surface area contributed by atoms with Crippen LogP contribution in [0.4, 0.5) is 13.2 Å². The number of alkyl halides is 3. The molecule has 7 nitrogen and oxygen atoms in total. The molecule has 0 bridgehead atoms. The van der Waals surface area contributed by atoms with Crippen molar-refractivity contribution in [2.24, 2.45) is 16.6 Å². The predicted octanol–water partition coefficient (Wildman–Crippen LogP) is 1.73. The molecule has 2 rings (SSSR count). The van der Waals surface area contributed by atoms with Gasteiger partial charge < -0.3 is 20.9 Å². The van der Waals surface area contributed by atoms with Crippen molar-refractivity contribution in [1.29, 1.82) is 0 Å². The van der Waals surface area contributed by atoms with Gasteiger partial charge in [-0.25, -0.2) is 0 Å². The van der Waals surface area contributed by atoms with Crippen LogP contribution in [-0.2, 0) is 4.79 Å². The first-order valence-corrected chi connectivity index (χ1v) is 10.5. The highest BCUT2D eigenvalue weighted by atomic mass is 127. The number of nitrogens with two attached hydrogens (primary N) is 1. The molecule has 11 heteroatoms. The van der Waals surface area contributed by atoms with Crippen molar-refractivity contribution in [3.8, 4) is 0 Å². The molecule has 176 valence electrons. The minimum absolute atomic E-state index is 0. The summed E-state index contributed by atoms with van der Waals surface area (Å²) in [6.07, 6.45) is -0.461. The third-order valence-electron chi connectivity index (χ3n) is 6.02. The maximum atomic E-state index is 12.9. The molecule has 0 aromatic carbocycles. The van der Waals surface area contributed by atoms with Crippen molar-refractivity contribution in [1.82, 2.24) is 20.0 Å². The maximum Gasteiger partial charge on any atom is 0.403 e. The number of piperidine rings is 1. The average Bonchev–Trinajstić information content (AvgIpc) is 2.70. The second-order valence-corrected chi connectivity index (χ2v) is 7.94. The van der Waals surface area contributed by atoms with Gasteiger partial charge in [-0.05, 0) is 52.2 Å². The van der Waals surface area contributed by atoms with Crippen LogP contribution in [-0.4, -0.2) is 98.2 Å². The number of nitrogens with one attached hydrogen (secondary N) is 1.